The number of rotatable bonds is 20. The molecule has 220 valence electrons. The molecule has 0 saturated heterocycles. The van der Waals surface area contributed by atoms with Crippen molar-refractivity contribution >= 4 is 5.97 Å². The molecule has 0 saturated carbocycles. The molecular formula is C35H62O3. The molecular weight excluding hydrogens is 468 g/mol. The van der Waals surface area contributed by atoms with Crippen LogP contribution in [0, 0.1) is 11.3 Å². The summed E-state index contributed by atoms with van der Waals surface area (Å²) < 4.78 is 5.84. The topological polar surface area (TPSA) is 46.5 Å². The van der Waals surface area contributed by atoms with Gasteiger partial charge < -0.3 is 9.84 Å². The lowest BCUT2D eigenvalue weighted by Gasteiger charge is -2.25. The summed E-state index contributed by atoms with van der Waals surface area (Å²) in [6, 6.07) is 5.15. The number of hydrogen-bond donors (Lipinski definition) is 1. The van der Waals surface area contributed by atoms with Crippen LogP contribution in [-0.2, 0) is 10.2 Å². The van der Waals surface area contributed by atoms with Crippen molar-refractivity contribution in [2.75, 3.05) is 0 Å². The number of aromatic hydroxyl groups is 1. The van der Waals surface area contributed by atoms with Crippen LogP contribution in [0.4, 0.5) is 0 Å². The van der Waals surface area contributed by atoms with E-state index < -0.39 is 0 Å². The average molecular weight is 531 g/mol. The summed E-state index contributed by atoms with van der Waals surface area (Å²) in [7, 11) is 0. The molecule has 0 spiro atoms. The van der Waals surface area contributed by atoms with E-state index in [4.69, 9.17) is 4.74 Å². The van der Waals surface area contributed by atoms with Gasteiger partial charge in [0.1, 0.15) is 11.5 Å². The van der Waals surface area contributed by atoms with E-state index in [1.54, 1.807) is 12.1 Å². The van der Waals surface area contributed by atoms with Gasteiger partial charge in [0, 0.05) is 5.56 Å². The molecule has 0 amide bonds. The monoisotopic (exact) mass is 530 g/mol. The molecule has 1 N–H and O–H groups in total. The van der Waals surface area contributed by atoms with E-state index in [-0.39, 0.29) is 28.5 Å². The zero-order chi connectivity index (χ0) is 28.4. The zero-order valence-corrected chi connectivity index (χ0v) is 26.3. The van der Waals surface area contributed by atoms with Gasteiger partial charge in [-0.15, -0.1) is 0 Å². The van der Waals surface area contributed by atoms with Crippen LogP contribution in [0.2, 0.25) is 0 Å². The first kappa shape index (κ1) is 34.5. The smallest absolute Gasteiger partial charge is 0.314 e. The Morgan fingerprint density at radius 3 is 1.61 bits per heavy atom. The summed E-state index contributed by atoms with van der Waals surface area (Å²) in [6.45, 7) is 15.0. The van der Waals surface area contributed by atoms with Crippen LogP contribution in [0.1, 0.15) is 170 Å². The van der Waals surface area contributed by atoms with E-state index in [1.807, 2.05) is 26.8 Å². The van der Waals surface area contributed by atoms with Crippen molar-refractivity contribution in [1.29, 1.82) is 0 Å². The number of carbonyl (C=O) groups is 1. The molecule has 3 nitrogen and oxygen atoms in total. The molecule has 0 aliphatic rings. The van der Waals surface area contributed by atoms with E-state index >= 15 is 0 Å². The van der Waals surface area contributed by atoms with Crippen molar-refractivity contribution in [1.82, 2.24) is 0 Å². The fourth-order valence-corrected chi connectivity index (χ4v) is 5.36. The van der Waals surface area contributed by atoms with Gasteiger partial charge in [-0.1, -0.05) is 151 Å². The van der Waals surface area contributed by atoms with Crippen LogP contribution in [0.5, 0.6) is 11.5 Å². The number of benzene rings is 1. The first-order valence-electron chi connectivity index (χ1n) is 16.0. The van der Waals surface area contributed by atoms with Gasteiger partial charge in [0.25, 0.3) is 0 Å². The summed E-state index contributed by atoms with van der Waals surface area (Å²) in [5.74, 6) is 0.556. The molecule has 0 bridgehead atoms. The standard InChI is InChI=1S/C35H62O3/c1-8-9-10-11-12-13-14-15-16-17-18-19-20-21-22-23-24-29(28-34(2,3)4)33(37)38-30-25-26-32(36)31(27-30)35(5,6)7/h25-27,29,36H,8-24,28H2,1-7H3. The van der Waals surface area contributed by atoms with E-state index in [1.165, 1.54) is 96.3 Å². The molecule has 3 heteroatoms. The van der Waals surface area contributed by atoms with Gasteiger partial charge >= 0.3 is 5.97 Å². The molecule has 1 aromatic carbocycles. The number of phenols is 1. The van der Waals surface area contributed by atoms with Gasteiger partial charge in [-0.05, 0) is 41.9 Å². The van der Waals surface area contributed by atoms with Crippen LogP contribution in [0.25, 0.3) is 0 Å². The van der Waals surface area contributed by atoms with Crippen LogP contribution < -0.4 is 4.74 Å². The average Bonchev–Trinajstić information content (AvgIpc) is 2.82. The first-order valence-corrected chi connectivity index (χ1v) is 16.0. The van der Waals surface area contributed by atoms with Gasteiger partial charge in [0.15, 0.2) is 0 Å². The summed E-state index contributed by atoms with van der Waals surface area (Å²) in [4.78, 5) is 13.1. The molecule has 1 rings (SSSR count). The summed E-state index contributed by atoms with van der Waals surface area (Å²) >= 11 is 0. The molecule has 1 unspecified atom stereocenters. The highest BCUT2D eigenvalue weighted by atomic mass is 16.5. The Hall–Kier alpha value is -1.51. The number of ether oxygens (including phenoxy) is 1. The highest BCUT2D eigenvalue weighted by Gasteiger charge is 2.27. The fourth-order valence-electron chi connectivity index (χ4n) is 5.36. The highest BCUT2D eigenvalue weighted by Crippen LogP contribution is 2.35. The third-order valence-corrected chi connectivity index (χ3v) is 7.59. The third kappa shape index (κ3) is 16.5. The van der Waals surface area contributed by atoms with E-state index in [2.05, 4.69) is 27.7 Å². The molecule has 0 aliphatic carbocycles. The Morgan fingerprint density at radius 1 is 0.737 bits per heavy atom. The van der Waals surface area contributed by atoms with E-state index in [0.29, 0.717) is 5.75 Å². The minimum Gasteiger partial charge on any atom is -0.508 e. The second-order valence-electron chi connectivity index (χ2n) is 13.9. The summed E-state index contributed by atoms with van der Waals surface area (Å²) in [5.41, 5.74) is 0.655. The van der Waals surface area contributed by atoms with Gasteiger partial charge in [-0.2, -0.15) is 0 Å². The second-order valence-corrected chi connectivity index (χ2v) is 13.9. The predicted octanol–water partition coefficient (Wildman–Crippen LogP) is 11.3. The van der Waals surface area contributed by atoms with Crippen molar-refractivity contribution < 1.29 is 14.6 Å². The first-order chi connectivity index (χ1) is 17.9. The Kier molecular flexibility index (Phi) is 17.0. The third-order valence-electron chi connectivity index (χ3n) is 7.59. The van der Waals surface area contributed by atoms with Crippen molar-refractivity contribution in [2.45, 2.75) is 169 Å². The molecule has 0 radical (unpaired) electrons. The molecule has 0 aliphatic heterocycles. The maximum Gasteiger partial charge on any atom is 0.314 e. The Morgan fingerprint density at radius 2 is 1.18 bits per heavy atom. The lowest BCUT2D eigenvalue weighted by atomic mass is 9.82. The van der Waals surface area contributed by atoms with Crippen molar-refractivity contribution in [2.24, 2.45) is 11.3 Å². The Labute approximate surface area is 236 Å². The zero-order valence-electron chi connectivity index (χ0n) is 26.3. The number of hydrogen-bond acceptors (Lipinski definition) is 3. The SMILES string of the molecule is CCCCCCCCCCCCCCCCCCC(CC(C)(C)C)C(=O)Oc1ccc(O)c(C(C)(C)C)c1. The maximum atomic E-state index is 13.1. The molecule has 1 aromatic rings. The van der Waals surface area contributed by atoms with Crippen LogP contribution >= 0.6 is 0 Å². The van der Waals surface area contributed by atoms with Gasteiger partial charge in [-0.25, -0.2) is 0 Å². The molecule has 0 fully saturated rings. The minimum atomic E-state index is -0.217. The van der Waals surface area contributed by atoms with Crippen LogP contribution in [0.3, 0.4) is 0 Å². The maximum absolute atomic E-state index is 13.1. The predicted molar refractivity (Wildman–Crippen MR) is 164 cm³/mol. The lowest BCUT2D eigenvalue weighted by molar-refractivity contribution is -0.140. The fraction of sp³-hybridized carbons (Fsp3) is 0.800. The largest absolute Gasteiger partial charge is 0.508 e. The van der Waals surface area contributed by atoms with Gasteiger partial charge in [0.2, 0.25) is 0 Å². The second kappa shape index (κ2) is 18.7. The summed E-state index contributed by atoms with van der Waals surface area (Å²) in [5, 5.41) is 10.2. The van der Waals surface area contributed by atoms with Gasteiger partial charge in [-0.3, -0.25) is 4.79 Å². The molecule has 1 atom stereocenters. The van der Waals surface area contributed by atoms with Crippen molar-refractivity contribution in [3.8, 4) is 11.5 Å². The molecule has 0 aromatic heterocycles. The number of unbranched alkanes of at least 4 members (excludes halogenated alkanes) is 15. The highest BCUT2D eigenvalue weighted by molar-refractivity contribution is 5.75. The quantitative estimate of drug-likeness (QED) is 0.104. The summed E-state index contributed by atoms with van der Waals surface area (Å²) in [6.07, 6.45) is 23.4. The van der Waals surface area contributed by atoms with E-state index in [0.717, 1.165) is 24.8 Å². The van der Waals surface area contributed by atoms with Gasteiger partial charge in [0.05, 0.1) is 5.92 Å². The number of esters is 1. The number of carbonyl (C=O) groups excluding carboxylic acids is 1. The van der Waals surface area contributed by atoms with Crippen LogP contribution in [-0.4, -0.2) is 11.1 Å². The molecule has 38 heavy (non-hydrogen) atoms. The normalized spacial score (nSPS) is 13.0. The lowest BCUT2D eigenvalue weighted by Crippen LogP contribution is -2.25. The van der Waals surface area contributed by atoms with Crippen LogP contribution in [0.15, 0.2) is 18.2 Å². The van der Waals surface area contributed by atoms with Crippen molar-refractivity contribution in [3.63, 3.8) is 0 Å². The Balaban J connectivity index is 2.28. The van der Waals surface area contributed by atoms with E-state index in [9.17, 15) is 9.90 Å². The minimum absolute atomic E-state index is 0.0737. The molecule has 0 heterocycles. The number of phenolic OH excluding ortho intramolecular Hbond substituents is 1. The Bertz CT molecular complexity index is 753. The van der Waals surface area contributed by atoms with Crippen molar-refractivity contribution in [3.05, 3.63) is 23.8 Å².